The van der Waals surface area contributed by atoms with Crippen molar-refractivity contribution in [3.05, 3.63) is 63.6 Å². The number of nitrogens with zero attached hydrogens (tertiary/aromatic N) is 1. The van der Waals surface area contributed by atoms with Gasteiger partial charge in [-0.15, -0.1) is 0 Å². The van der Waals surface area contributed by atoms with E-state index in [0.29, 0.717) is 34.4 Å². The Bertz CT molecular complexity index is 918. The largest absolute Gasteiger partial charge is 0.489 e. The molecule has 28 heavy (non-hydrogen) atoms. The standard InChI is InChI=1S/C21H20Cl2N2O3/c22-17-8-7-13(10-18(17)23)28-14-4-3-9-25(12-14)20(26)11-19-15-5-1-2-6-16(15)21(27)24-19/h1-2,5-8,10,14,19H,3-4,9,11-12H2,(H,24,27). The van der Waals surface area contributed by atoms with E-state index in [1.54, 1.807) is 24.3 Å². The zero-order valence-corrected chi connectivity index (χ0v) is 16.7. The van der Waals surface area contributed by atoms with Crippen LogP contribution in [0.4, 0.5) is 0 Å². The average Bonchev–Trinajstić information content (AvgIpc) is 3.01. The summed E-state index contributed by atoms with van der Waals surface area (Å²) in [6.07, 6.45) is 1.89. The first-order valence-corrected chi connectivity index (χ1v) is 10.1. The number of amides is 2. The molecule has 2 unspecified atom stereocenters. The highest BCUT2D eigenvalue weighted by Gasteiger charge is 2.32. The number of likely N-dealkylation sites (tertiary alicyclic amines) is 1. The van der Waals surface area contributed by atoms with Crippen molar-refractivity contribution in [3.63, 3.8) is 0 Å². The van der Waals surface area contributed by atoms with Crippen LogP contribution in [-0.4, -0.2) is 35.9 Å². The Kier molecular flexibility index (Phi) is 5.47. The third-order valence-electron chi connectivity index (χ3n) is 5.19. The first-order valence-electron chi connectivity index (χ1n) is 9.30. The number of hydrogen-bond donors (Lipinski definition) is 1. The number of carbonyl (C=O) groups excluding carboxylic acids is 2. The Morgan fingerprint density at radius 3 is 2.82 bits per heavy atom. The maximum absolute atomic E-state index is 12.8. The molecule has 2 amide bonds. The summed E-state index contributed by atoms with van der Waals surface area (Å²) in [5.41, 5.74) is 1.54. The van der Waals surface area contributed by atoms with Crippen molar-refractivity contribution in [3.8, 4) is 5.75 Å². The molecular formula is C21H20Cl2N2O3. The highest BCUT2D eigenvalue weighted by atomic mass is 35.5. The molecule has 0 radical (unpaired) electrons. The highest BCUT2D eigenvalue weighted by Crippen LogP contribution is 2.30. The molecule has 1 N–H and O–H groups in total. The molecule has 4 rings (SSSR count). The van der Waals surface area contributed by atoms with Gasteiger partial charge in [0, 0.05) is 18.2 Å². The fourth-order valence-corrected chi connectivity index (χ4v) is 4.08. The molecule has 1 saturated heterocycles. The zero-order chi connectivity index (χ0) is 19.7. The van der Waals surface area contributed by atoms with E-state index in [0.717, 1.165) is 18.4 Å². The minimum absolute atomic E-state index is 0.0180. The molecule has 0 saturated carbocycles. The minimum atomic E-state index is -0.271. The van der Waals surface area contributed by atoms with Crippen LogP contribution in [0.3, 0.4) is 0 Å². The summed E-state index contributed by atoms with van der Waals surface area (Å²) >= 11 is 12.0. The number of benzene rings is 2. The third kappa shape index (κ3) is 3.96. The van der Waals surface area contributed by atoms with Gasteiger partial charge in [0.05, 0.1) is 29.1 Å². The summed E-state index contributed by atoms with van der Waals surface area (Å²) in [5.74, 6) is 0.544. The number of fused-ring (bicyclic) bond motifs is 1. The first kappa shape index (κ1) is 19.1. The molecular weight excluding hydrogens is 399 g/mol. The minimum Gasteiger partial charge on any atom is -0.489 e. The second-order valence-corrected chi connectivity index (χ2v) is 7.93. The van der Waals surface area contributed by atoms with Crippen molar-refractivity contribution in [2.45, 2.75) is 31.4 Å². The molecule has 2 aliphatic rings. The van der Waals surface area contributed by atoms with E-state index < -0.39 is 0 Å². The lowest BCUT2D eigenvalue weighted by molar-refractivity contribution is -0.134. The van der Waals surface area contributed by atoms with Crippen LogP contribution in [0, 0.1) is 0 Å². The molecule has 146 valence electrons. The Hall–Kier alpha value is -2.24. The maximum atomic E-state index is 12.8. The Morgan fingerprint density at radius 2 is 2.00 bits per heavy atom. The molecule has 2 atom stereocenters. The van der Waals surface area contributed by atoms with Crippen molar-refractivity contribution >= 4 is 35.0 Å². The Balaban J connectivity index is 1.38. The second-order valence-electron chi connectivity index (χ2n) is 7.12. The van der Waals surface area contributed by atoms with Gasteiger partial charge < -0.3 is 15.0 Å². The molecule has 0 bridgehead atoms. The number of hydrogen-bond acceptors (Lipinski definition) is 3. The van der Waals surface area contributed by atoms with E-state index in [-0.39, 0.29) is 30.4 Å². The summed E-state index contributed by atoms with van der Waals surface area (Å²) < 4.78 is 6.01. The van der Waals surface area contributed by atoms with Crippen molar-refractivity contribution in [2.75, 3.05) is 13.1 Å². The number of ether oxygens (including phenoxy) is 1. The van der Waals surface area contributed by atoms with Gasteiger partial charge in [-0.2, -0.15) is 0 Å². The van der Waals surface area contributed by atoms with Gasteiger partial charge in [0.1, 0.15) is 11.9 Å². The van der Waals surface area contributed by atoms with E-state index >= 15 is 0 Å². The maximum Gasteiger partial charge on any atom is 0.252 e. The summed E-state index contributed by atoms with van der Waals surface area (Å²) in [6.45, 7) is 1.21. The Morgan fingerprint density at radius 1 is 1.18 bits per heavy atom. The zero-order valence-electron chi connectivity index (χ0n) is 15.2. The molecule has 5 nitrogen and oxygen atoms in total. The molecule has 7 heteroatoms. The quantitative estimate of drug-likeness (QED) is 0.807. The average molecular weight is 419 g/mol. The van der Waals surface area contributed by atoms with E-state index in [2.05, 4.69) is 5.32 Å². The molecule has 2 aromatic carbocycles. The summed E-state index contributed by atoms with van der Waals surface area (Å²) in [5, 5.41) is 3.83. The third-order valence-corrected chi connectivity index (χ3v) is 5.93. The van der Waals surface area contributed by atoms with Crippen LogP contribution in [0.5, 0.6) is 5.75 Å². The van der Waals surface area contributed by atoms with E-state index in [9.17, 15) is 9.59 Å². The summed E-state index contributed by atoms with van der Waals surface area (Å²) in [4.78, 5) is 26.7. The van der Waals surface area contributed by atoms with Gasteiger partial charge in [-0.05, 0) is 36.6 Å². The predicted molar refractivity (Wildman–Crippen MR) is 108 cm³/mol. The van der Waals surface area contributed by atoms with Gasteiger partial charge in [0.25, 0.3) is 5.91 Å². The lowest BCUT2D eigenvalue weighted by Crippen LogP contribution is -2.45. The van der Waals surface area contributed by atoms with Gasteiger partial charge in [0.2, 0.25) is 5.91 Å². The van der Waals surface area contributed by atoms with Crippen LogP contribution in [0.25, 0.3) is 0 Å². The van der Waals surface area contributed by atoms with Crippen LogP contribution < -0.4 is 10.1 Å². The van der Waals surface area contributed by atoms with E-state index in [4.69, 9.17) is 27.9 Å². The van der Waals surface area contributed by atoms with Gasteiger partial charge in [0.15, 0.2) is 0 Å². The van der Waals surface area contributed by atoms with Crippen molar-refractivity contribution in [1.82, 2.24) is 10.2 Å². The normalized spacial score (nSPS) is 21.2. The van der Waals surface area contributed by atoms with Crippen molar-refractivity contribution < 1.29 is 14.3 Å². The lowest BCUT2D eigenvalue weighted by Gasteiger charge is -2.33. The topological polar surface area (TPSA) is 58.6 Å². The first-order chi connectivity index (χ1) is 13.5. The van der Waals surface area contributed by atoms with Gasteiger partial charge >= 0.3 is 0 Å². The van der Waals surface area contributed by atoms with Crippen LogP contribution in [0.2, 0.25) is 10.0 Å². The van der Waals surface area contributed by atoms with Crippen LogP contribution in [-0.2, 0) is 4.79 Å². The molecule has 1 fully saturated rings. The van der Waals surface area contributed by atoms with E-state index in [1.807, 2.05) is 23.1 Å². The van der Waals surface area contributed by atoms with Crippen LogP contribution in [0.15, 0.2) is 42.5 Å². The van der Waals surface area contributed by atoms with Crippen LogP contribution >= 0.6 is 23.2 Å². The van der Waals surface area contributed by atoms with Crippen molar-refractivity contribution in [1.29, 1.82) is 0 Å². The summed E-state index contributed by atoms with van der Waals surface area (Å²) in [6, 6.07) is 12.3. The predicted octanol–water partition coefficient (Wildman–Crippen LogP) is 4.24. The molecule has 0 spiro atoms. The number of carbonyl (C=O) groups is 2. The van der Waals surface area contributed by atoms with E-state index in [1.165, 1.54) is 0 Å². The fourth-order valence-electron chi connectivity index (χ4n) is 3.79. The van der Waals surface area contributed by atoms with Gasteiger partial charge in [-0.1, -0.05) is 41.4 Å². The Labute approximate surface area is 173 Å². The number of piperidine rings is 1. The second kappa shape index (κ2) is 8.02. The summed E-state index contributed by atoms with van der Waals surface area (Å²) in [7, 11) is 0. The number of rotatable bonds is 4. The lowest BCUT2D eigenvalue weighted by atomic mass is 10.0. The smallest absolute Gasteiger partial charge is 0.252 e. The SMILES string of the molecule is O=C1NC(CC(=O)N2CCCC(Oc3ccc(Cl)c(Cl)c3)C2)c2ccccc21. The molecule has 0 aliphatic carbocycles. The van der Waals surface area contributed by atoms with Crippen LogP contribution in [0.1, 0.15) is 41.2 Å². The number of nitrogens with one attached hydrogen (secondary N) is 1. The fraction of sp³-hybridized carbons (Fsp3) is 0.333. The molecule has 2 aliphatic heterocycles. The molecule has 0 aromatic heterocycles. The molecule has 2 aromatic rings. The highest BCUT2D eigenvalue weighted by molar-refractivity contribution is 6.42. The van der Waals surface area contributed by atoms with Crippen molar-refractivity contribution in [2.24, 2.45) is 0 Å². The molecule has 2 heterocycles. The monoisotopic (exact) mass is 418 g/mol. The number of halogens is 2. The van der Waals surface area contributed by atoms with Gasteiger partial charge in [-0.25, -0.2) is 0 Å². The van der Waals surface area contributed by atoms with Gasteiger partial charge in [-0.3, -0.25) is 9.59 Å².